The molecule has 0 atom stereocenters. The molecule has 0 aliphatic rings. The van der Waals surface area contributed by atoms with Crippen molar-refractivity contribution in [1.82, 2.24) is 25.1 Å². The molecule has 2 heterocycles. The minimum atomic E-state index is -0.577. The van der Waals surface area contributed by atoms with E-state index in [2.05, 4.69) is 20.4 Å². The lowest BCUT2D eigenvalue weighted by molar-refractivity contribution is -0.120. The number of nitrogens with zero attached hydrogens (tertiary/aromatic N) is 2. The van der Waals surface area contributed by atoms with Crippen LogP contribution in [0.3, 0.4) is 0 Å². The summed E-state index contributed by atoms with van der Waals surface area (Å²) >= 11 is 0. The standard InChI is InChI=1S/C18H19N5O3/c1-12-15(17(25)22-18(26)21-12)9-16(24)19-8-7-13-10-20-23(11-13)14-5-3-2-4-6-14/h2-6,10-11H,7-9H2,1H3,(H,19,24)(H2,21,22,25,26). The van der Waals surface area contributed by atoms with Crippen LogP contribution in [-0.4, -0.2) is 32.2 Å². The van der Waals surface area contributed by atoms with E-state index in [1.165, 1.54) is 0 Å². The van der Waals surface area contributed by atoms with Crippen LogP contribution in [0, 0.1) is 6.92 Å². The first-order chi connectivity index (χ1) is 12.5. The second-order valence-electron chi connectivity index (χ2n) is 5.92. The molecule has 1 aromatic carbocycles. The molecule has 134 valence electrons. The number of hydrogen-bond donors (Lipinski definition) is 3. The van der Waals surface area contributed by atoms with Gasteiger partial charge in [0.05, 0.1) is 18.3 Å². The first-order valence-corrected chi connectivity index (χ1v) is 8.20. The minimum Gasteiger partial charge on any atom is -0.355 e. The van der Waals surface area contributed by atoms with Crippen LogP contribution in [0.2, 0.25) is 0 Å². The van der Waals surface area contributed by atoms with Crippen LogP contribution in [0.15, 0.2) is 52.3 Å². The first kappa shape index (κ1) is 17.4. The van der Waals surface area contributed by atoms with Gasteiger partial charge in [-0.15, -0.1) is 0 Å². The van der Waals surface area contributed by atoms with Gasteiger partial charge in [-0.1, -0.05) is 18.2 Å². The predicted molar refractivity (Wildman–Crippen MR) is 96.4 cm³/mol. The van der Waals surface area contributed by atoms with Gasteiger partial charge >= 0.3 is 5.69 Å². The van der Waals surface area contributed by atoms with Crippen LogP contribution < -0.4 is 16.6 Å². The Kier molecular flexibility index (Phi) is 5.12. The summed E-state index contributed by atoms with van der Waals surface area (Å²) in [5.74, 6) is -0.277. The molecule has 2 aromatic heterocycles. The predicted octanol–water partition coefficient (Wildman–Crippen LogP) is 0.459. The van der Waals surface area contributed by atoms with E-state index in [-0.39, 0.29) is 17.9 Å². The van der Waals surface area contributed by atoms with Gasteiger partial charge in [0.15, 0.2) is 0 Å². The number of carbonyl (C=O) groups is 1. The summed E-state index contributed by atoms with van der Waals surface area (Å²) < 4.78 is 1.78. The third-order valence-corrected chi connectivity index (χ3v) is 3.98. The molecule has 0 radical (unpaired) electrons. The second-order valence-corrected chi connectivity index (χ2v) is 5.92. The van der Waals surface area contributed by atoms with Crippen LogP contribution >= 0.6 is 0 Å². The summed E-state index contributed by atoms with van der Waals surface area (Å²) in [7, 11) is 0. The number of hydrogen-bond acceptors (Lipinski definition) is 4. The molecule has 3 aromatic rings. The number of nitrogens with one attached hydrogen (secondary N) is 3. The summed E-state index contributed by atoms with van der Waals surface area (Å²) in [5.41, 5.74) is 1.51. The third kappa shape index (κ3) is 4.15. The van der Waals surface area contributed by atoms with Crippen LogP contribution in [0.1, 0.15) is 16.8 Å². The summed E-state index contributed by atoms with van der Waals surface area (Å²) in [4.78, 5) is 39.6. The van der Waals surface area contributed by atoms with E-state index in [0.717, 1.165) is 11.3 Å². The molecule has 3 rings (SSSR count). The zero-order chi connectivity index (χ0) is 18.5. The summed E-state index contributed by atoms with van der Waals surface area (Å²) in [6.07, 6.45) is 4.22. The fraction of sp³-hybridized carbons (Fsp3) is 0.222. The number of benzene rings is 1. The fourth-order valence-corrected chi connectivity index (χ4v) is 2.62. The first-order valence-electron chi connectivity index (χ1n) is 8.20. The molecule has 8 heteroatoms. The highest BCUT2D eigenvalue weighted by Crippen LogP contribution is 2.07. The number of amides is 1. The van der Waals surface area contributed by atoms with Crippen LogP contribution in [0.4, 0.5) is 0 Å². The van der Waals surface area contributed by atoms with Gasteiger partial charge in [0.25, 0.3) is 5.56 Å². The zero-order valence-corrected chi connectivity index (χ0v) is 14.3. The van der Waals surface area contributed by atoms with E-state index < -0.39 is 11.2 Å². The van der Waals surface area contributed by atoms with E-state index in [4.69, 9.17) is 0 Å². The molecule has 0 unspecified atom stereocenters. The van der Waals surface area contributed by atoms with E-state index in [1.807, 2.05) is 36.5 Å². The van der Waals surface area contributed by atoms with Gasteiger partial charge in [-0.25, -0.2) is 9.48 Å². The molecule has 3 N–H and O–H groups in total. The number of aryl methyl sites for hydroxylation is 1. The number of para-hydroxylation sites is 1. The highest BCUT2D eigenvalue weighted by molar-refractivity contribution is 5.78. The van der Waals surface area contributed by atoms with Crippen molar-refractivity contribution in [2.24, 2.45) is 0 Å². The van der Waals surface area contributed by atoms with Crippen molar-refractivity contribution >= 4 is 5.91 Å². The molecule has 0 fully saturated rings. The maximum atomic E-state index is 12.0. The van der Waals surface area contributed by atoms with Crippen molar-refractivity contribution in [3.63, 3.8) is 0 Å². The fourth-order valence-electron chi connectivity index (χ4n) is 2.62. The van der Waals surface area contributed by atoms with Gasteiger partial charge in [0, 0.05) is 24.0 Å². The van der Waals surface area contributed by atoms with E-state index in [0.29, 0.717) is 18.7 Å². The third-order valence-electron chi connectivity index (χ3n) is 3.98. The zero-order valence-electron chi connectivity index (χ0n) is 14.3. The van der Waals surface area contributed by atoms with Crippen molar-refractivity contribution in [3.05, 3.63) is 80.4 Å². The molecular formula is C18H19N5O3. The van der Waals surface area contributed by atoms with Gasteiger partial charge in [-0.05, 0) is 31.0 Å². The minimum absolute atomic E-state index is 0.0821. The van der Waals surface area contributed by atoms with Gasteiger partial charge in [0.2, 0.25) is 5.91 Å². The van der Waals surface area contributed by atoms with Gasteiger partial charge in [-0.2, -0.15) is 5.10 Å². The maximum absolute atomic E-state index is 12.0. The Bertz CT molecular complexity index is 1020. The average molecular weight is 353 g/mol. The molecule has 0 aliphatic heterocycles. The molecule has 0 bridgehead atoms. The number of aromatic nitrogens is 4. The van der Waals surface area contributed by atoms with E-state index >= 15 is 0 Å². The number of carbonyl (C=O) groups excluding carboxylic acids is 1. The number of aromatic amines is 2. The summed E-state index contributed by atoms with van der Waals surface area (Å²) in [6.45, 7) is 2.02. The van der Waals surface area contributed by atoms with Crippen LogP contribution in [0.5, 0.6) is 0 Å². The van der Waals surface area contributed by atoms with Crippen molar-refractivity contribution in [1.29, 1.82) is 0 Å². The topological polar surface area (TPSA) is 113 Å². The Morgan fingerprint density at radius 1 is 1.19 bits per heavy atom. The molecule has 0 saturated carbocycles. The maximum Gasteiger partial charge on any atom is 0.325 e. The van der Waals surface area contributed by atoms with Crippen LogP contribution in [-0.2, 0) is 17.6 Å². The molecule has 8 nitrogen and oxygen atoms in total. The average Bonchev–Trinajstić information content (AvgIpc) is 3.08. The lowest BCUT2D eigenvalue weighted by Crippen LogP contribution is -2.33. The largest absolute Gasteiger partial charge is 0.355 e. The number of H-pyrrole nitrogens is 2. The molecular weight excluding hydrogens is 334 g/mol. The Morgan fingerprint density at radius 3 is 2.69 bits per heavy atom. The van der Waals surface area contributed by atoms with Gasteiger partial charge in [-0.3, -0.25) is 14.6 Å². The molecule has 0 saturated heterocycles. The van der Waals surface area contributed by atoms with Crippen molar-refractivity contribution in [2.45, 2.75) is 19.8 Å². The molecule has 0 spiro atoms. The smallest absolute Gasteiger partial charge is 0.325 e. The molecule has 26 heavy (non-hydrogen) atoms. The Morgan fingerprint density at radius 2 is 1.96 bits per heavy atom. The lowest BCUT2D eigenvalue weighted by Gasteiger charge is -2.06. The van der Waals surface area contributed by atoms with Gasteiger partial charge < -0.3 is 10.3 Å². The quantitative estimate of drug-likeness (QED) is 0.597. The summed E-state index contributed by atoms with van der Waals surface area (Å²) in [6, 6.07) is 9.75. The lowest BCUT2D eigenvalue weighted by atomic mass is 10.1. The highest BCUT2D eigenvalue weighted by atomic mass is 16.2. The monoisotopic (exact) mass is 353 g/mol. The molecule has 1 amide bonds. The normalized spacial score (nSPS) is 10.7. The van der Waals surface area contributed by atoms with Crippen molar-refractivity contribution < 1.29 is 4.79 Å². The van der Waals surface area contributed by atoms with Crippen molar-refractivity contribution in [3.8, 4) is 5.69 Å². The highest BCUT2D eigenvalue weighted by Gasteiger charge is 2.11. The van der Waals surface area contributed by atoms with E-state index in [1.54, 1.807) is 17.8 Å². The van der Waals surface area contributed by atoms with Crippen LogP contribution in [0.25, 0.3) is 5.69 Å². The second kappa shape index (κ2) is 7.64. The van der Waals surface area contributed by atoms with Gasteiger partial charge in [0.1, 0.15) is 0 Å². The van der Waals surface area contributed by atoms with Crippen molar-refractivity contribution in [2.75, 3.05) is 6.54 Å². The Labute approximate surface area is 148 Å². The number of rotatable bonds is 6. The SMILES string of the molecule is Cc1[nH]c(=O)[nH]c(=O)c1CC(=O)NCCc1cnn(-c2ccccc2)c1. The summed E-state index contributed by atoms with van der Waals surface area (Å²) in [5, 5.41) is 7.09. The Hall–Kier alpha value is -3.42. The Balaban J connectivity index is 1.54. The van der Waals surface area contributed by atoms with E-state index in [9.17, 15) is 14.4 Å². The molecule has 0 aliphatic carbocycles.